The Morgan fingerprint density at radius 1 is 1.44 bits per heavy atom. The van der Waals surface area contributed by atoms with Crippen molar-refractivity contribution in [2.24, 2.45) is 11.7 Å². The summed E-state index contributed by atoms with van der Waals surface area (Å²) in [5.74, 6) is 0.188. The Morgan fingerprint density at radius 2 is 2.17 bits per heavy atom. The molecule has 3 unspecified atom stereocenters. The molecule has 1 aliphatic rings. The third kappa shape index (κ3) is 2.88. The first-order valence-electron chi connectivity index (χ1n) is 6.37. The lowest BCUT2D eigenvalue weighted by molar-refractivity contribution is 0.163. The summed E-state index contributed by atoms with van der Waals surface area (Å²) in [7, 11) is 2.00. The number of nitrogens with zero attached hydrogens (tertiary/aromatic N) is 1. The zero-order chi connectivity index (χ0) is 13.1. The molecule has 1 aromatic rings. The molecule has 18 heavy (non-hydrogen) atoms. The molecular weight excluding hydrogens is 231 g/mol. The Hall–Kier alpha value is -0.970. The van der Waals surface area contributed by atoms with E-state index in [-0.39, 0.29) is 17.9 Å². The summed E-state index contributed by atoms with van der Waals surface area (Å²) in [6, 6.07) is 7.06. The van der Waals surface area contributed by atoms with Crippen LogP contribution in [-0.2, 0) is 4.74 Å². The summed E-state index contributed by atoms with van der Waals surface area (Å²) in [5, 5.41) is 0. The molecule has 100 valence electrons. The van der Waals surface area contributed by atoms with Gasteiger partial charge in [-0.25, -0.2) is 4.39 Å². The molecule has 2 rings (SSSR count). The highest BCUT2D eigenvalue weighted by atomic mass is 19.1. The molecule has 1 saturated heterocycles. The topological polar surface area (TPSA) is 38.5 Å². The number of nitrogens with two attached hydrogens (primary N) is 1. The van der Waals surface area contributed by atoms with Gasteiger partial charge in [0.2, 0.25) is 0 Å². The molecule has 0 saturated carbocycles. The molecule has 1 heterocycles. The van der Waals surface area contributed by atoms with Gasteiger partial charge in [0.15, 0.2) is 0 Å². The monoisotopic (exact) mass is 252 g/mol. The molecule has 0 bridgehead atoms. The van der Waals surface area contributed by atoms with Gasteiger partial charge in [0.05, 0.1) is 13.2 Å². The van der Waals surface area contributed by atoms with Gasteiger partial charge in [-0.15, -0.1) is 0 Å². The van der Waals surface area contributed by atoms with Crippen LogP contribution in [-0.4, -0.2) is 37.7 Å². The third-order valence-electron chi connectivity index (χ3n) is 3.79. The SMILES string of the molecule is CC(c1ccccc1F)N(C)CC1COCC1N. The van der Waals surface area contributed by atoms with Crippen LogP contribution in [0.3, 0.4) is 0 Å². The average Bonchev–Trinajstić information content (AvgIpc) is 2.75. The van der Waals surface area contributed by atoms with E-state index in [0.717, 1.165) is 12.1 Å². The zero-order valence-corrected chi connectivity index (χ0v) is 11.0. The molecule has 1 aliphatic heterocycles. The first kappa shape index (κ1) is 13.5. The Labute approximate surface area is 108 Å². The number of halogens is 1. The summed E-state index contributed by atoms with van der Waals surface area (Å²) >= 11 is 0. The second-order valence-electron chi connectivity index (χ2n) is 5.10. The highest BCUT2D eigenvalue weighted by molar-refractivity contribution is 5.20. The van der Waals surface area contributed by atoms with E-state index in [1.165, 1.54) is 6.07 Å². The average molecular weight is 252 g/mol. The quantitative estimate of drug-likeness (QED) is 0.888. The Morgan fingerprint density at radius 3 is 2.78 bits per heavy atom. The van der Waals surface area contributed by atoms with Crippen molar-refractivity contribution in [3.05, 3.63) is 35.6 Å². The molecule has 2 N–H and O–H groups in total. The van der Waals surface area contributed by atoms with E-state index in [0.29, 0.717) is 19.1 Å². The Balaban J connectivity index is 2.00. The van der Waals surface area contributed by atoms with Crippen molar-refractivity contribution in [1.29, 1.82) is 0 Å². The van der Waals surface area contributed by atoms with Gasteiger partial charge in [-0.1, -0.05) is 18.2 Å². The van der Waals surface area contributed by atoms with Gasteiger partial charge in [0.1, 0.15) is 5.82 Å². The van der Waals surface area contributed by atoms with Crippen molar-refractivity contribution in [3.63, 3.8) is 0 Å². The molecule has 0 amide bonds. The molecule has 0 aromatic heterocycles. The predicted octanol–water partition coefficient (Wildman–Crippen LogP) is 1.79. The lowest BCUT2D eigenvalue weighted by Crippen LogP contribution is -2.38. The van der Waals surface area contributed by atoms with Crippen LogP contribution in [0.5, 0.6) is 0 Å². The van der Waals surface area contributed by atoms with Crippen LogP contribution in [0.25, 0.3) is 0 Å². The van der Waals surface area contributed by atoms with Crippen LogP contribution in [0.2, 0.25) is 0 Å². The zero-order valence-electron chi connectivity index (χ0n) is 11.0. The highest BCUT2D eigenvalue weighted by Gasteiger charge is 2.27. The number of benzene rings is 1. The van der Waals surface area contributed by atoms with Crippen molar-refractivity contribution < 1.29 is 9.13 Å². The van der Waals surface area contributed by atoms with Gasteiger partial charge >= 0.3 is 0 Å². The molecular formula is C14H21FN2O. The summed E-state index contributed by atoms with van der Waals surface area (Å²) in [4.78, 5) is 2.14. The Kier molecular flexibility index (Phi) is 4.32. The second kappa shape index (κ2) is 5.78. The number of ether oxygens (including phenoxy) is 1. The molecule has 0 radical (unpaired) electrons. The van der Waals surface area contributed by atoms with E-state index >= 15 is 0 Å². The Bertz CT molecular complexity index is 399. The van der Waals surface area contributed by atoms with Crippen molar-refractivity contribution >= 4 is 0 Å². The van der Waals surface area contributed by atoms with Crippen LogP contribution in [0.15, 0.2) is 24.3 Å². The minimum atomic E-state index is -0.149. The minimum absolute atomic E-state index is 0.0407. The maximum absolute atomic E-state index is 13.7. The van der Waals surface area contributed by atoms with Crippen LogP contribution in [0.4, 0.5) is 4.39 Å². The van der Waals surface area contributed by atoms with E-state index in [2.05, 4.69) is 4.90 Å². The van der Waals surface area contributed by atoms with Gasteiger partial charge in [0.25, 0.3) is 0 Å². The van der Waals surface area contributed by atoms with Gasteiger partial charge in [-0.3, -0.25) is 4.90 Å². The van der Waals surface area contributed by atoms with Gasteiger partial charge in [-0.2, -0.15) is 0 Å². The number of rotatable bonds is 4. The summed E-state index contributed by atoms with van der Waals surface area (Å²) in [6.07, 6.45) is 0. The van der Waals surface area contributed by atoms with E-state index in [9.17, 15) is 4.39 Å². The molecule has 1 aromatic carbocycles. The number of hydrogen-bond acceptors (Lipinski definition) is 3. The third-order valence-corrected chi connectivity index (χ3v) is 3.79. The van der Waals surface area contributed by atoms with Crippen LogP contribution < -0.4 is 5.73 Å². The maximum Gasteiger partial charge on any atom is 0.127 e. The first-order chi connectivity index (χ1) is 8.59. The summed E-state index contributed by atoms with van der Waals surface area (Å²) in [5.41, 5.74) is 6.70. The highest BCUT2D eigenvalue weighted by Crippen LogP contribution is 2.23. The molecule has 0 aliphatic carbocycles. The largest absolute Gasteiger partial charge is 0.379 e. The van der Waals surface area contributed by atoms with Gasteiger partial charge in [-0.05, 0) is 20.0 Å². The summed E-state index contributed by atoms with van der Waals surface area (Å²) in [6.45, 7) is 4.18. The van der Waals surface area contributed by atoms with Crippen molar-refractivity contribution in [3.8, 4) is 0 Å². The summed E-state index contributed by atoms with van der Waals surface area (Å²) < 4.78 is 19.1. The molecule has 1 fully saturated rings. The molecule has 0 spiro atoms. The van der Waals surface area contributed by atoms with Crippen molar-refractivity contribution in [1.82, 2.24) is 4.90 Å². The fraction of sp³-hybridized carbons (Fsp3) is 0.571. The second-order valence-corrected chi connectivity index (χ2v) is 5.10. The number of hydrogen-bond donors (Lipinski definition) is 1. The van der Waals surface area contributed by atoms with E-state index in [4.69, 9.17) is 10.5 Å². The van der Waals surface area contributed by atoms with Crippen molar-refractivity contribution in [2.45, 2.75) is 19.0 Å². The van der Waals surface area contributed by atoms with Gasteiger partial charge < -0.3 is 10.5 Å². The fourth-order valence-corrected chi connectivity index (χ4v) is 2.38. The van der Waals surface area contributed by atoms with Gasteiger partial charge in [0, 0.05) is 30.1 Å². The van der Waals surface area contributed by atoms with E-state index < -0.39 is 0 Å². The van der Waals surface area contributed by atoms with E-state index in [1.807, 2.05) is 26.1 Å². The molecule has 4 heteroatoms. The van der Waals surface area contributed by atoms with Crippen molar-refractivity contribution in [2.75, 3.05) is 26.8 Å². The minimum Gasteiger partial charge on any atom is -0.379 e. The van der Waals surface area contributed by atoms with Crippen LogP contribution >= 0.6 is 0 Å². The van der Waals surface area contributed by atoms with Crippen LogP contribution in [0, 0.1) is 11.7 Å². The lowest BCUT2D eigenvalue weighted by atomic mass is 10.0. The maximum atomic E-state index is 13.7. The first-order valence-corrected chi connectivity index (χ1v) is 6.37. The lowest BCUT2D eigenvalue weighted by Gasteiger charge is -2.28. The smallest absolute Gasteiger partial charge is 0.127 e. The molecule has 3 atom stereocenters. The fourth-order valence-electron chi connectivity index (χ4n) is 2.38. The predicted molar refractivity (Wildman–Crippen MR) is 69.7 cm³/mol. The standard InChI is InChI=1S/C14H21FN2O/c1-10(12-5-3-4-6-13(12)15)17(2)7-11-8-18-9-14(11)16/h3-6,10-11,14H,7-9,16H2,1-2H3. The normalized spacial score (nSPS) is 25.6. The van der Waals surface area contributed by atoms with Crippen LogP contribution in [0.1, 0.15) is 18.5 Å². The molecule has 3 nitrogen and oxygen atoms in total. The van der Waals surface area contributed by atoms with E-state index in [1.54, 1.807) is 6.07 Å².